The van der Waals surface area contributed by atoms with Crippen LogP contribution in [0.1, 0.15) is 51.8 Å². The number of carbonyl (C=O) groups is 7. The molecule has 5 amide bonds. The lowest BCUT2D eigenvalue weighted by Crippen LogP contribution is -2.52. The van der Waals surface area contributed by atoms with Crippen molar-refractivity contribution in [1.82, 2.24) is 18.2 Å². The van der Waals surface area contributed by atoms with Crippen LogP contribution in [-0.2, 0) is 49.2 Å². The normalized spacial score (nSPS) is 10.7. The Morgan fingerprint density at radius 1 is 0.500 bits per heavy atom. The Balaban J connectivity index is 0.000000944. The smallest absolute Gasteiger partial charge is 0.304 e. The number of hydrogen-bond acceptors (Lipinski definition) is 14. The van der Waals surface area contributed by atoms with Crippen molar-refractivity contribution in [3.8, 4) is 0 Å². The first-order valence-electron chi connectivity index (χ1n) is 15.8. The van der Waals surface area contributed by atoms with Crippen LogP contribution in [0.25, 0.3) is 0 Å². The van der Waals surface area contributed by atoms with Gasteiger partial charge in [0.15, 0.2) is 0 Å². The number of benzene rings is 3. The number of sulfonamides is 3. The third kappa shape index (κ3) is 18.7. The standard InChI is InChI=1S/C18H16N2O8S2.C8H9NO3S.C6H15N.C2Cl2O2/c1-29(25,26)19(15(21)13-9-5-3-6-10-13)17(23)18(24)20(30(2,27)28)16(22)14-11-7-4-8-12-14;1-13(11,12)9-8(10)7-5-3-2-4-6-7;1-4-7(5-2)6-3;3-1(5)2(4)6/h3-12H,1-2H3;2-6H,1H3,(H,9,10);4-6H2,1-3H3;. The Morgan fingerprint density at radius 2 is 0.768 bits per heavy atom. The molecule has 306 valence electrons. The summed E-state index contributed by atoms with van der Waals surface area (Å²) in [6, 6.07) is 21.6. The number of halogens is 2. The molecule has 0 aliphatic carbocycles. The molecule has 0 aliphatic rings. The number of amides is 5. The molecule has 0 aromatic heterocycles. The molecule has 3 rings (SSSR count). The van der Waals surface area contributed by atoms with Gasteiger partial charge in [0.25, 0.3) is 17.7 Å². The first-order chi connectivity index (χ1) is 25.8. The van der Waals surface area contributed by atoms with Crippen LogP contribution in [-0.4, -0.2) is 117 Å². The number of rotatable bonds is 10. The van der Waals surface area contributed by atoms with E-state index in [1.165, 1.54) is 80.3 Å². The van der Waals surface area contributed by atoms with Gasteiger partial charge < -0.3 is 4.90 Å². The molecular formula is C34H40Cl2N4O13S3. The van der Waals surface area contributed by atoms with E-state index in [2.05, 4.69) is 48.9 Å². The van der Waals surface area contributed by atoms with Crippen LogP contribution < -0.4 is 4.72 Å². The van der Waals surface area contributed by atoms with Gasteiger partial charge in [0.05, 0.1) is 18.8 Å². The van der Waals surface area contributed by atoms with E-state index in [0.717, 1.165) is 6.26 Å². The topological polar surface area (TPSA) is 244 Å². The lowest BCUT2D eigenvalue weighted by Gasteiger charge is -2.22. The highest BCUT2D eigenvalue weighted by molar-refractivity contribution is 7.90. The third-order valence-electron chi connectivity index (χ3n) is 6.44. The number of nitrogens with zero attached hydrogens (tertiary/aromatic N) is 3. The van der Waals surface area contributed by atoms with Crippen LogP contribution in [0.4, 0.5) is 0 Å². The number of carbonyl (C=O) groups excluding carboxylic acids is 7. The fraction of sp³-hybridized carbons (Fsp3) is 0.265. The van der Waals surface area contributed by atoms with Gasteiger partial charge in [-0.05, 0) is 79.2 Å². The van der Waals surface area contributed by atoms with Crippen LogP contribution in [0.3, 0.4) is 0 Å². The minimum absolute atomic E-state index is 0.246. The molecule has 0 radical (unpaired) electrons. The zero-order valence-electron chi connectivity index (χ0n) is 30.9. The molecule has 0 heterocycles. The van der Waals surface area contributed by atoms with Gasteiger partial charge in [0.2, 0.25) is 30.1 Å². The summed E-state index contributed by atoms with van der Waals surface area (Å²) in [7, 11) is -12.8. The predicted octanol–water partition coefficient (Wildman–Crippen LogP) is 2.48. The highest BCUT2D eigenvalue weighted by atomic mass is 35.5. The molecular weight excluding hydrogens is 839 g/mol. The fourth-order valence-corrected chi connectivity index (χ4v) is 5.87. The molecule has 0 aliphatic heterocycles. The molecule has 0 saturated carbocycles. The van der Waals surface area contributed by atoms with Gasteiger partial charge in [-0.15, -0.1) is 0 Å². The number of nitrogens with one attached hydrogen (secondary N) is 1. The quantitative estimate of drug-likeness (QED) is 0.227. The highest BCUT2D eigenvalue weighted by Gasteiger charge is 2.43. The van der Waals surface area contributed by atoms with Gasteiger partial charge in [-0.2, -0.15) is 8.61 Å². The summed E-state index contributed by atoms with van der Waals surface area (Å²) in [6.07, 6.45) is 1.92. The molecule has 0 spiro atoms. The van der Waals surface area contributed by atoms with E-state index in [-0.39, 0.29) is 19.7 Å². The van der Waals surface area contributed by atoms with Gasteiger partial charge in [-0.25, -0.2) is 30.0 Å². The van der Waals surface area contributed by atoms with Crippen molar-refractivity contribution in [2.75, 3.05) is 38.4 Å². The zero-order chi connectivity index (χ0) is 43.4. The third-order valence-corrected chi connectivity index (χ3v) is 9.42. The molecule has 0 atom stereocenters. The minimum Gasteiger partial charge on any atom is -0.304 e. The molecule has 0 saturated heterocycles. The average Bonchev–Trinajstić information content (AvgIpc) is 3.12. The maximum Gasteiger partial charge on any atom is 0.334 e. The Labute approximate surface area is 335 Å². The molecule has 0 bridgehead atoms. The van der Waals surface area contributed by atoms with Crippen molar-refractivity contribution in [2.45, 2.75) is 20.8 Å². The fourth-order valence-electron chi connectivity index (χ4n) is 3.84. The lowest BCUT2D eigenvalue weighted by molar-refractivity contribution is -0.144. The predicted molar refractivity (Wildman–Crippen MR) is 209 cm³/mol. The molecule has 3 aromatic rings. The van der Waals surface area contributed by atoms with Crippen LogP contribution in [0.2, 0.25) is 0 Å². The van der Waals surface area contributed by atoms with Crippen LogP contribution in [0.5, 0.6) is 0 Å². The van der Waals surface area contributed by atoms with E-state index in [1.807, 2.05) is 4.72 Å². The minimum atomic E-state index is -4.65. The molecule has 56 heavy (non-hydrogen) atoms. The highest BCUT2D eigenvalue weighted by Crippen LogP contribution is 2.15. The maximum absolute atomic E-state index is 12.6. The summed E-state index contributed by atoms with van der Waals surface area (Å²) in [5.41, 5.74) is -0.165. The second-order valence-electron chi connectivity index (χ2n) is 10.7. The van der Waals surface area contributed by atoms with Gasteiger partial charge >= 0.3 is 22.3 Å². The Morgan fingerprint density at radius 3 is 0.964 bits per heavy atom. The Hall–Kier alpha value is -4.86. The molecule has 0 unspecified atom stereocenters. The van der Waals surface area contributed by atoms with E-state index < -0.39 is 70.1 Å². The summed E-state index contributed by atoms with van der Waals surface area (Å²) in [6.45, 7) is 10.1. The van der Waals surface area contributed by atoms with Crippen molar-refractivity contribution in [3.05, 3.63) is 108 Å². The second-order valence-corrected chi connectivity index (χ2v) is 16.8. The largest absolute Gasteiger partial charge is 0.334 e. The first-order valence-corrected chi connectivity index (χ1v) is 22.1. The SMILES string of the molecule is CCN(CC)CC.CS(=O)(=O)N(C(=O)C(=O)N(C(=O)c1ccccc1)S(C)(=O)=O)C(=O)c1ccccc1.CS(=O)(=O)NC(=O)c1ccccc1.O=C(Cl)C(=O)Cl. The van der Waals surface area contributed by atoms with Crippen LogP contribution in [0.15, 0.2) is 91.0 Å². The summed E-state index contributed by atoms with van der Waals surface area (Å²) in [4.78, 5) is 82.8. The van der Waals surface area contributed by atoms with Crippen LogP contribution in [0, 0.1) is 0 Å². The van der Waals surface area contributed by atoms with E-state index in [4.69, 9.17) is 0 Å². The Bertz CT molecular complexity index is 2060. The molecule has 22 heteroatoms. The van der Waals surface area contributed by atoms with Gasteiger partial charge in [0, 0.05) is 16.7 Å². The van der Waals surface area contributed by atoms with Crippen molar-refractivity contribution in [3.63, 3.8) is 0 Å². The molecule has 3 aromatic carbocycles. The summed E-state index contributed by atoms with van der Waals surface area (Å²) < 4.78 is 70.8. The summed E-state index contributed by atoms with van der Waals surface area (Å²) in [5.74, 6) is -7.39. The van der Waals surface area contributed by atoms with E-state index >= 15 is 0 Å². The average molecular weight is 880 g/mol. The lowest BCUT2D eigenvalue weighted by atomic mass is 10.2. The zero-order valence-corrected chi connectivity index (χ0v) is 34.9. The van der Waals surface area contributed by atoms with Crippen molar-refractivity contribution >= 4 is 93.3 Å². The molecule has 0 fully saturated rings. The van der Waals surface area contributed by atoms with Crippen molar-refractivity contribution in [2.24, 2.45) is 0 Å². The Kier molecular flexibility index (Phi) is 21.8. The maximum atomic E-state index is 12.6. The summed E-state index contributed by atoms with van der Waals surface area (Å²) >= 11 is 8.98. The molecule has 1 N–H and O–H groups in total. The van der Waals surface area contributed by atoms with Gasteiger partial charge in [-0.3, -0.25) is 33.6 Å². The number of hydrogen-bond donors (Lipinski definition) is 1. The van der Waals surface area contributed by atoms with E-state index in [9.17, 15) is 58.8 Å². The summed E-state index contributed by atoms with van der Waals surface area (Å²) in [5, 5.41) is -2.28. The number of imide groups is 2. The molecule has 17 nitrogen and oxygen atoms in total. The van der Waals surface area contributed by atoms with E-state index in [0.29, 0.717) is 18.1 Å². The van der Waals surface area contributed by atoms with Gasteiger partial charge in [-0.1, -0.05) is 75.4 Å². The van der Waals surface area contributed by atoms with E-state index in [1.54, 1.807) is 30.3 Å². The monoisotopic (exact) mass is 878 g/mol. The van der Waals surface area contributed by atoms with Crippen LogP contribution >= 0.6 is 23.2 Å². The van der Waals surface area contributed by atoms with Crippen molar-refractivity contribution < 1.29 is 58.8 Å². The van der Waals surface area contributed by atoms with Gasteiger partial charge in [0.1, 0.15) is 0 Å². The van der Waals surface area contributed by atoms with Crippen molar-refractivity contribution in [1.29, 1.82) is 0 Å². The second kappa shape index (κ2) is 23.9. The first kappa shape index (κ1) is 51.1.